The Morgan fingerprint density at radius 3 is 2.55 bits per heavy atom. The van der Waals surface area contributed by atoms with E-state index in [2.05, 4.69) is 4.90 Å². The highest BCUT2D eigenvalue weighted by molar-refractivity contribution is 5.85. The Balaban J connectivity index is 2.87. The quantitative estimate of drug-likeness (QED) is 0.751. The lowest BCUT2D eigenvalue weighted by Crippen LogP contribution is -2.38. The minimum absolute atomic E-state index is 0.570. The first-order chi connectivity index (χ1) is 9.31. The van der Waals surface area contributed by atoms with E-state index in [0.29, 0.717) is 13.1 Å². The molecule has 4 heteroatoms. The first-order valence-electron chi connectivity index (χ1n) is 6.75. The highest BCUT2D eigenvalue weighted by Gasteiger charge is 2.17. The fourth-order valence-electron chi connectivity index (χ4n) is 2.07. The predicted molar refractivity (Wildman–Crippen MR) is 80.4 cm³/mol. The van der Waals surface area contributed by atoms with Crippen molar-refractivity contribution in [1.82, 2.24) is 4.90 Å². The predicted octanol–water partition coefficient (Wildman–Crippen LogP) is 2.38. The number of aliphatic hydroxyl groups is 1. The first-order valence-corrected chi connectivity index (χ1v) is 6.75. The van der Waals surface area contributed by atoms with E-state index >= 15 is 0 Å². The molecule has 0 saturated heterocycles. The lowest BCUT2D eigenvalue weighted by Gasteiger charge is -2.28. The summed E-state index contributed by atoms with van der Waals surface area (Å²) in [6.45, 7) is 7.68. The Morgan fingerprint density at radius 1 is 1.35 bits per heavy atom. The van der Waals surface area contributed by atoms with Crippen molar-refractivity contribution < 1.29 is 15.0 Å². The number of aliphatic carboxylic acids is 1. The number of likely N-dealkylation sites (N-methyl/N-ethyl adjacent to an activating group) is 1. The summed E-state index contributed by atoms with van der Waals surface area (Å²) < 4.78 is 0. The number of rotatable bonds is 7. The molecule has 0 aromatic heterocycles. The fourth-order valence-corrected chi connectivity index (χ4v) is 2.07. The second-order valence-electron chi connectivity index (χ2n) is 5.49. The van der Waals surface area contributed by atoms with Gasteiger partial charge < -0.3 is 10.2 Å². The summed E-state index contributed by atoms with van der Waals surface area (Å²) in [5, 5.41) is 18.6. The summed E-state index contributed by atoms with van der Waals surface area (Å²) in [6, 6.07) is 7.70. The van der Waals surface area contributed by atoms with Crippen LogP contribution in [0.4, 0.5) is 0 Å². The molecular formula is C16H23NO3. The molecule has 0 amide bonds. The molecule has 0 bridgehead atoms. The van der Waals surface area contributed by atoms with Crippen LogP contribution in [0.2, 0.25) is 0 Å². The molecule has 1 aromatic rings. The van der Waals surface area contributed by atoms with Gasteiger partial charge in [-0.1, -0.05) is 31.2 Å². The van der Waals surface area contributed by atoms with Crippen LogP contribution in [0.5, 0.6) is 0 Å². The zero-order valence-electron chi connectivity index (χ0n) is 12.3. The van der Waals surface area contributed by atoms with Crippen molar-refractivity contribution in [1.29, 1.82) is 0 Å². The number of carbonyl (C=O) groups is 1. The highest BCUT2D eigenvalue weighted by atomic mass is 16.4. The third kappa shape index (κ3) is 5.99. The van der Waals surface area contributed by atoms with Gasteiger partial charge in [0.1, 0.15) is 0 Å². The lowest BCUT2D eigenvalue weighted by molar-refractivity contribution is -0.131. The molecule has 0 heterocycles. The van der Waals surface area contributed by atoms with Crippen LogP contribution >= 0.6 is 0 Å². The molecule has 20 heavy (non-hydrogen) atoms. The van der Waals surface area contributed by atoms with Gasteiger partial charge in [0.2, 0.25) is 0 Å². The SMILES string of the molecule is CCN(Cc1ccccc1C=CC(=O)O)CC(C)(C)O. The smallest absolute Gasteiger partial charge is 0.328 e. The fraction of sp³-hybridized carbons (Fsp3) is 0.438. The average Bonchev–Trinajstić information content (AvgIpc) is 2.35. The summed E-state index contributed by atoms with van der Waals surface area (Å²) >= 11 is 0. The monoisotopic (exact) mass is 277 g/mol. The molecule has 0 radical (unpaired) electrons. The van der Waals surface area contributed by atoms with E-state index in [4.69, 9.17) is 5.11 Å². The van der Waals surface area contributed by atoms with Crippen molar-refractivity contribution in [3.63, 3.8) is 0 Å². The molecule has 2 N–H and O–H groups in total. The van der Waals surface area contributed by atoms with E-state index in [1.165, 1.54) is 0 Å². The van der Waals surface area contributed by atoms with Crippen molar-refractivity contribution >= 4 is 12.0 Å². The lowest BCUT2D eigenvalue weighted by atomic mass is 10.0. The minimum atomic E-state index is -0.955. The molecule has 0 aliphatic carbocycles. The number of hydrogen-bond acceptors (Lipinski definition) is 3. The van der Waals surface area contributed by atoms with Gasteiger partial charge in [-0.25, -0.2) is 4.79 Å². The van der Waals surface area contributed by atoms with Gasteiger partial charge in [0, 0.05) is 19.2 Å². The Hall–Kier alpha value is -1.65. The summed E-state index contributed by atoms with van der Waals surface area (Å²) in [5.74, 6) is -0.955. The summed E-state index contributed by atoms with van der Waals surface area (Å²) in [6.07, 6.45) is 2.75. The van der Waals surface area contributed by atoms with E-state index in [0.717, 1.165) is 23.7 Å². The average molecular weight is 277 g/mol. The number of hydrogen-bond donors (Lipinski definition) is 2. The largest absolute Gasteiger partial charge is 0.478 e. The zero-order valence-corrected chi connectivity index (χ0v) is 12.3. The maximum absolute atomic E-state index is 10.6. The van der Waals surface area contributed by atoms with Crippen LogP contribution in [0, 0.1) is 0 Å². The van der Waals surface area contributed by atoms with Gasteiger partial charge in [-0.15, -0.1) is 0 Å². The van der Waals surface area contributed by atoms with Gasteiger partial charge in [0.25, 0.3) is 0 Å². The Morgan fingerprint density at radius 2 is 2.00 bits per heavy atom. The molecule has 0 unspecified atom stereocenters. The minimum Gasteiger partial charge on any atom is -0.478 e. The third-order valence-corrected chi connectivity index (χ3v) is 2.91. The van der Waals surface area contributed by atoms with Gasteiger partial charge in [0.15, 0.2) is 0 Å². The molecule has 110 valence electrons. The summed E-state index contributed by atoms with van der Waals surface area (Å²) in [4.78, 5) is 12.8. The van der Waals surface area contributed by atoms with Crippen molar-refractivity contribution in [2.45, 2.75) is 32.9 Å². The molecule has 0 spiro atoms. The van der Waals surface area contributed by atoms with E-state index in [1.54, 1.807) is 19.9 Å². The molecule has 4 nitrogen and oxygen atoms in total. The Labute approximate surface area is 120 Å². The molecule has 0 fully saturated rings. The van der Waals surface area contributed by atoms with Crippen molar-refractivity contribution in [3.8, 4) is 0 Å². The van der Waals surface area contributed by atoms with Gasteiger partial charge >= 0.3 is 5.97 Å². The first kappa shape index (κ1) is 16.4. The van der Waals surface area contributed by atoms with Crippen molar-refractivity contribution in [2.24, 2.45) is 0 Å². The Kier molecular flexibility index (Phi) is 5.92. The number of carboxylic acid groups (broad SMARTS) is 1. The van der Waals surface area contributed by atoms with Crippen LogP contribution in [0.3, 0.4) is 0 Å². The summed E-state index contributed by atoms with van der Waals surface area (Å²) in [5.41, 5.74) is 1.20. The molecule has 0 aliphatic rings. The highest BCUT2D eigenvalue weighted by Crippen LogP contribution is 2.15. The van der Waals surface area contributed by atoms with Crippen molar-refractivity contribution in [3.05, 3.63) is 41.5 Å². The number of carboxylic acids is 1. The normalized spacial score (nSPS) is 12.2. The van der Waals surface area contributed by atoms with Crippen LogP contribution in [0.25, 0.3) is 6.08 Å². The summed E-state index contributed by atoms with van der Waals surface area (Å²) in [7, 11) is 0. The zero-order chi connectivity index (χ0) is 15.2. The Bertz CT molecular complexity index is 475. The van der Waals surface area contributed by atoms with Gasteiger partial charge in [-0.3, -0.25) is 4.90 Å². The van der Waals surface area contributed by atoms with Crippen LogP contribution < -0.4 is 0 Å². The van der Waals surface area contributed by atoms with E-state index in [1.807, 2.05) is 31.2 Å². The van der Waals surface area contributed by atoms with Gasteiger partial charge in [0.05, 0.1) is 5.60 Å². The maximum atomic E-state index is 10.6. The van der Waals surface area contributed by atoms with Crippen LogP contribution in [0.1, 0.15) is 31.9 Å². The standard InChI is InChI=1S/C16H23NO3/c1-4-17(12-16(2,3)20)11-14-8-6-5-7-13(14)9-10-15(18)19/h5-10,20H,4,11-12H2,1-3H3,(H,18,19). The second-order valence-corrected chi connectivity index (χ2v) is 5.49. The van der Waals surface area contributed by atoms with E-state index in [9.17, 15) is 9.90 Å². The number of nitrogens with zero attached hydrogens (tertiary/aromatic N) is 1. The van der Waals surface area contributed by atoms with Gasteiger partial charge in [-0.2, -0.15) is 0 Å². The van der Waals surface area contributed by atoms with Crippen LogP contribution in [-0.2, 0) is 11.3 Å². The molecule has 0 saturated carbocycles. The van der Waals surface area contributed by atoms with Gasteiger partial charge in [-0.05, 0) is 37.6 Å². The van der Waals surface area contributed by atoms with Crippen molar-refractivity contribution in [2.75, 3.05) is 13.1 Å². The molecule has 1 aromatic carbocycles. The maximum Gasteiger partial charge on any atom is 0.328 e. The van der Waals surface area contributed by atoms with Crippen LogP contribution in [0.15, 0.2) is 30.3 Å². The van der Waals surface area contributed by atoms with E-state index in [-0.39, 0.29) is 0 Å². The number of benzene rings is 1. The van der Waals surface area contributed by atoms with Crippen LogP contribution in [-0.4, -0.2) is 39.8 Å². The topological polar surface area (TPSA) is 60.8 Å². The molecular weight excluding hydrogens is 254 g/mol. The second kappa shape index (κ2) is 7.22. The molecule has 1 rings (SSSR count). The molecule has 0 aliphatic heterocycles. The van der Waals surface area contributed by atoms with E-state index < -0.39 is 11.6 Å². The molecule has 0 atom stereocenters. The third-order valence-electron chi connectivity index (χ3n) is 2.91.